The van der Waals surface area contributed by atoms with E-state index in [4.69, 9.17) is 15.0 Å². The van der Waals surface area contributed by atoms with Gasteiger partial charge in [-0.2, -0.15) is 0 Å². The van der Waals surface area contributed by atoms with E-state index in [0.717, 1.165) is 84.2 Å². The molecule has 9 aromatic rings. The van der Waals surface area contributed by atoms with Gasteiger partial charge in [-0.05, 0) is 69.6 Å². The van der Waals surface area contributed by atoms with Crippen LogP contribution in [0.3, 0.4) is 0 Å². The number of hydrogen-bond acceptors (Lipinski definition) is 5. The molecule has 0 bridgehead atoms. The van der Waals surface area contributed by atoms with Gasteiger partial charge in [0.25, 0.3) is 0 Å². The summed E-state index contributed by atoms with van der Waals surface area (Å²) >= 11 is 0. The van der Waals surface area contributed by atoms with Crippen molar-refractivity contribution in [3.63, 3.8) is 0 Å². The van der Waals surface area contributed by atoms with Crippen molar-refractivity contribution in [1.29, 1.82) is 0 Å². The molecule has 10 rings (SSSR count). The Morgan fingerprint density at radius 2 is 1.32 bits per heavy atom. The summed E-state index contributed by atoms with van der Waals surface area (Å²) in [7, 11) is 2.04. The first-order valence-corrected chi connectivity index (χ1v) is 19.5. The third kappa shape index (κ3) is 6.75. The van der Waals surface area contributed by atoms with E-state index < -0.39 is 0 Å². The van der Waals surface area contributed by atoms with Crippen LogP contribution in [0.25, 0.3) is 39.0 Å². The molecule has 0 fully saturated rings. The average molecular weight is 946 g/mol. The predicted molar refractivity (Wildman–Crippen MR) is 235 cm³/mol. The van der Waals surface area contributed by atoms with Crippen LogP contribution >= 0.6 is 0 Å². The van der Waals surface area contributed by atoms with E-state index in [-0.39, 0.29) is 26.5 Å². The molecule has 4 aromatic heterocycles. The van der Waals surface area contributed by atoms with E-state index in [2.05, 4.69) is 192 Å². The van der Waals surface area contributed by atoms with Crippen LogP contribution in [0, 0.1) is 18.8 Å². The van der Waals surface area contributed by atoms with Gasteiger partial charge in [-0.3, -0.25) is 4.57 Å². The van der Waals surface area contributed by atoms with Crippen LogP contribution in [0.15, 0.2) is 164 Å². The van der Waals surface area contributed by atoms with Crippen molar-refractivity contribution >= 4 is 56.1 Å². The van der Waals surface area contributed by atoms with Gasteiger partial charge in [0.1, 0.15) is 17.3 Å². The zero-order valence-corrected chi connectivity index (χ0v) is 35.4. The smallest absolute Gasteiger partial charge is 0.137 e. The van der Waals surface area contributed by atoms with Gasteiger partial charge in [-0.1, -0.05) is 111 Å². The predicted octanol–water partition coefficient (Wildman–Crippen LogP) is 11.6. The summed E-state index contributed by atoms with van der Waals surface area (Å²) in [5.41, 5.74) is 13.0. The molecule has 0 saturated heterocycles. The molecule has 0 spiro atoms. The molecule has 0 saturated carbocycles. The van der Waals surface area contributed by atoms with Crippen molar-refractivity contribution in [3.8, 4) is 5.82 Å². The van der Waals surface area contributed by atoms with Crippen molar-refractivity contribution in [2.45, 2.75) is 26.2 Å². The minimum atomic E-state index is -0.0565. The maximum Gasteiger partial charge on any atom is 0.137 e. The second-order valence-electron chi connectivity index (χ2n) is 15.6. The van der Waals surface area contributed by atoms with Crippen LogP contribution in [0.2, 0.25) is 0 Å². The number of aryl methyl sites for hydroxylation is 1. The molecule has 0 amide bonds. The third-order valence-electron chi connectivity index (χ3n) is 10.8. The Labute approximate surface area is 359 Å². The minimum Gasteiger partial charge on any atom is -0.473 e. The number of aromatic nitrogens is 5. The molecule has 7 nitrogen and oxygen atoms in total. The number of imidazole rings is 1. The van der Waals surface area contributed by atoms with Gasteiger partial charge in [-0.15, -0.1) is 65.8 Å². The number of nitrogens with zero attached hydrogens (tertiary/aromatic N) is 7. The minimum absolute atomic E-state index is 0. The largest absolute Gasteiger partial charge is 0.473 e. The Hall–Kier alpha value is -6.56. The fraction of sp³-hybridized carbons (Fsp3) is 0.0980. The molecule has 8 heteroatoms. The Morgan fingerprint density at radius 1 is 0.627 bits per heavy atom. The summed E-state index contributed by atoms with van der Waals surface area (Å²) in [6.45, 7) is 8.79. The van der Waals surface area contributed by atoms with Crippen molar-refractivity contribution in [3.05, 3.63) is 211 Å². The van der Waals surface area contributed by atoms with E-state index in [9.17, 15) is 0 Å². The molecule has 292 valence electrons. The van der Waals surface area contributed by atoms with Crippen LogP contribution in [-0.4, -0.2) is 24.1 Å². The van der Waals surface area contributed by atoms with Gasteiger partial charge in [0.2, 0.25) is 0 Å². The van der Waals surface area contributed by atoms with Crippen LogP contribution < -0.4 is 9.80 Å². The van der Waals surface area contributed by atoms with E-state index in [1.54, 1.807) is 0 Å². The second-order valence-corrected chi connectivity index (χ2v) is 15.6. The van der Waals surface area contributed by atoms with E-state index in [1.807, 2.05) is 37.9 Å². The van der Waals surface area contributed by atoms with Gasteiger partial charge >= 0.3 is 0 Å². The molecule has 5 heterocycles. The monoisotopic (exact) mass is 945 g/mol. The van der Waals surface area contributed by atoms with Gasteiger partial charge in [-0.25, -0.2) is 15.0 Å². The van der Waals surface area contributed by atoms with Gasteiger partial charge in [0.05, 0.1) is 17.5 Å². The number of rotatable bonds is 7. The second kappa shape index (κ2) is 15.3. The first kappa shape index (κ1) is 38.0. The zero-order chi connectivity index (χ0) is 39.4. The Bertz CT molecular complexity index is 2940. The molecule has 1 aliphatic heterocycles. The summed E-state index contributed by atoms with van der Waals surface area (Å²) < 4.78 is 4.28. The first-order valence-electron chi connectivity index (χ1n) is 19.5. The van der Waals surface area contributed by atoms with Crippen molar-refractivity contribution < 1.29 is 21.1 Å². The average Bonchev–Trinajstić information content (AvgIpc) is 3.94. The summed E-state index contributed by atoms with van der Waals surface area (Å²) in [4.78, 5) is 19.0. The molecule has 0 unspecified atom stereocenters. The molecule has 0 N–H and O–H groups in total. The molecule has 0 radical (unpaired) electrons. The quantitative estimate of drug-likeness (QED) is 0.118. The van der Waals surface area contributed by atoms with Crippen molar-refractivity contribution in [2.75, 3.05) is 9.80 Å². The van der Waals surface area contributed by atoms with Gasteiger partial charge in [0.15, 0.2) is 0 Å². The Morgan fingerprint density at radius 3 is 2.03 bits per heavy atom. The van der Waals surface area contributed by atoms with Crippen LogP contribution in [-0.2, 0) is 33.5 Å². The molecule has 5 aromatic carbocycles. The molecule has 59 heavy (non-hydrogen) atoms. The molecule has 0 atom stereocenters. The number of anilines is 4. The number of hydrogen-bond donors (Lipinski definition) is 0. The van der Waals surface area contributed by atoms with Crippen molar-refractivity contribution in [1.82, 2.24) is 24.1 Å². The number of pyridine rings is 2. The maximum absolute atomic E-state index is 4.95. The SMILES string of the molecule is Cn1cnc2c3ccc(C(=C(c4ccccc4)c4ccccc4)c4[c-]c(N5[CH-]N(c6ccccc6)c6cccnc65)ccc4)[c-]c3n(-c3cc(C(C)(C)C)ccn3)c21.[Pt]. The zero-order valence-electron chi connectivity index (χ0n) is 33.1. The number of benzene rings is 5. The van der Waals surface area contributed by atoms with Gasteiger partial charge in [0, 0.05) is 46.2 Å². The van der Waals surface area contributed by atoms with Crippen LogP contribution in [0.5, 0.6) is 0 Å². The molecule has 1 aliphatic rings. The molecular formula is C51H40N7Pt-3. The fourth-order valence-electron chi connectivity index (χ4n) is 8.00. The van der Waals surface area contributed by atoms with Crippen LogP contribution in [0.1, 0.15) is 48.6 Å². The summed E-state index contributed by atoms with van der Waals surface area (Å²) in [6.07, 6.45) is 5.62. The number of para-hydroxylation sites is 1. The van der Waals surface area contributed by atoms with E-state index >= 15 is 0 Å². The van der Waals surface area contributed by atoms with Crippen LogP contribution in [0.4, 0.5) is 22.9 Å². The Balaban J connectivity index is 0.00000449. The standard InChI is InChI=1S/C51H40N7.Pt/c1-51(2,3)39-27-29-52-45(32-39)58-44-31-38(25-26-42(44)48-50(58)55(4)33-54-48)47(46(35-16-8-5-9-17-35)36-18-10-6-11-19-36)37-20-14-23-41(30-37)57-34-56(40-21-12-7-13-22-40)43-24-15-28-53-49(43)57;/h5-29,32-34H,1-4H3;/q-3;. The normalized spacial score (nSPS) is 12.5. The first-order chi connectivity index (χ1) is 28.3. The Kier molecular flexibility index (Phi) is 9.86. The summed E-state index contributed by atoms with van der Waals surface area (Å²) in [5.74, 6) is 1.67. The van der Waals surface area contributed by atoms with E-state index in [1.165, 1.54) is 5.56 Å². The molecule has 0 aliphatic carbocycles. The fourth-order valence-corrected chi connectivity index (χ4v) is 8.00. The topological polar surface area (TPSA) is 55.0 Å². The maximum atomic E-state index is 4.95. The summed E-state index contributed by atoms with van der Waals surface area (Å²) in [6, 6.07) is 58.5. The van der Waals surface area contributed by atoms with E-state index in [0.29, 0.717) is 0 Å². The number of fused-ring (bicyclic) bond motifs is 4. The van der Waals surface area contributed by atoms with Gasteiger partial charge < -0.3 is 14.4 Å². The summed E-state index contributed by atoms with van der Waals surface area (Å²) in [5, 5.41) is 1.01. The molecular weight excluding hydrogens is 906 g/mol. The van der Waals surface area contributed by atoms with Crippen molar-refractivity contribution in [2.24, 2.45) is 7.05 Å². The third-order valence-corrected chi connectivity index (χ3v) is 10.8.